The van der Waals surface area contributed by atoms with Crippen LogP contribution in [0.4, 0.5) is 0 Å². The van der Waals surface area contributed by atoms with Crippen LogP contribution in [0.1, 0.15) is 24.1 Å². The normalized spacial score (nSPS) is 11.9. The van der Waals surface area contributed by atoms with E-state index < -0.39 is 0 Å². The minimum absolute atomic E-state index is 0.284. The Kier molecular flexibility index (Phi) is 5.02. The third kappa shape index (κ3) is 3.52. The van der Waals surface area contributed by atoms with Crippen molar-refractivity contribution in [3.05, 3.63) is 59.7 Å². The van der Waals surface area contributed by atoms with Gasteiger partial charge in [-0.15, -0.1) is 0 Å². The summed E-state index contributed by atoms with van der Waals surface area (Å²) in [6.07, 6.45) is 0. The van der Waals surface area contributed by atoms with Gasteiger partial charge in [-0.3, -0.25) is 0 Å². The van der Waals surface area contributed by atoms with Crippen LogP contribution >= 0.6 is 0 Å². The van der Waals surface area contributed by atoms with Crippen molar-refractivity contribution in [2.24, 2.45) is 0 Å². The number of hydrogen-bond acceptors (Lipinski definition) is 3. The topological polar surface area (TPSA) is 30.5 Å². The van der Waals surface area contributed by atoms with Gasteiger partial charge in [0.15, 0.2) is 0 Å². The maximum Gasteiger partial charge on any atom is 0.123 e. The summed E-state index contributed by atoms with van der Waals surface area (Å²) < 4.78 is 10.6. The van der Waals surface area contributed by atoms with Crippen molar-refractivity contribution >= 4 is 0 Å². The summed E-state index contributed by atoms with van der Waals surface area (Å²) in [5.74, 6) is 1.72. The molecule has 20 heavy (non-hydrogen) atoms. The molecule has 0 heterocycles. The van der Waals surface area contributed by atoms with Gasteiger partial charge in [0.05, 0.1) is 14.2 Å². The fourth-order valence-electron chi connectivity index (χ4n) is 2.14. The lowest BCUT2D eigenvalue weighted by Crippen LogP contribution is -2.18. The minimum Gasteiger partial charge on any atom is -0.497 e. The van der Waals surface area contributed by atoms with E-state index >= 15 is 0 Å². The molecule has 0 bridgehead atoms. The molecule has 2 aromatic rings. The second-order valence-corrected chi connectivity index (χ2v) is 4.69. The lowest BCUT2D eigenvalue weighted by Gasteiger charge is -2.16. The third-order valence-electron chi connectivity index (χ3n) is 3.39. The average Bonchev–Trinajstić information content (AvgIpc) is 2.53. The van der Waals surface area contributed by atoms with Gasteiger partial charge in [0.1, 0.15) is 11.5 Å². The molecular formula is C17H21NO2. The summed E-state index contributed by atoms with van der Waals surface area (Å²) >= 11 is 0. The molecule has 0 aliphatic heterocycles. The first-order chi connectivity index (χ1) is 9.74. The molecule has 0 aromatic heterocycles. The molecule has 0 fully saturated rings. The van der Waals surface area contributed by atoms with Crippen LogP contribution in [0, 0.1) is 0 Å². The first-order valence-corrected chi connectivity index (χ1v) is 6.74. The summed E-state index contributed by atoms with van der Waals surface area (Å²) in [5.41, 5.74) is 2.36. The highest BCUT2D eigenvalue weighted by Crippen LogP contribution is 2.24. The highest BCUT2D eigenvalue weighted by atomic mass is 16.5. The van der Waals surface area contributed by atoms with Crippen LogP contribution < -0.4 is 14.8 Å². The first kappa shape index (κ1) is 14.4. The van der Waals surface area contributed by atoms with Crippen LogP contribution in [0.15, 0.2) is 48.5 Å². The molecule has 2 rings (SSSR count). The van der Waals surface area contributed by atoms with Crippen molar-refractivity contribution in [2.45, 2.75) is 19.5 Å². The molecule has 0 saturated carbocycles. The van der Waals surface area contributed by atoms with Crippen LogP contribution in [0.2, 0.25) is 0 Å². The van der Waals surface area contributed by atoms with Gasteiger partial charge in [-0.1, -0.05) is 30.3 Å². The summed E-state index contributed by atoms with van der Waals surface area (Å²) in [7, 11) is 3.36. The Hall–Kier alpha value is -2.00. The highest BCUT2D eigenvalue weighted by molar-refractivity contribution is 5.40. The molecule has 0 saturated heterocycles. The van der Waals surface area contributed by atoms with Crippen molar-refractivity contribution in [1.29, 1.82) is 0 Å². The van der Waals surface area contributed by atoms with Crippen LogP contribution in [0.25, 0.3) is 0 Å². The first-order valence-electron chi connectivity index (χ1n) is 6.74. The van der Waals surface area contributed by atoms with Gasteiger partial charge in [-0.05, 0) is 30.7 Å². The predicted octanol–water partition coefficient (Wildman–Crippen LogP) is 3.55. The Balaban J connectivity index is 2.06. The van der Waals surface area contributed by atoms with Crippen molar-refractivity contribution in [2.75, 3.05) is 14.2 Å². The van der Waals surface area contributed by atoms with E-state index in [1.807, 2.05) is 24.3 Å². The van der Waals surface area contributed by atoms with Crippen LogP contribution in [0.3, 0.4) is 0 Å². The number of benzene rings is 2. The summed E-state index contributed by atoms with van der Waals surface area (Å²) in [6.45, 7) is 2.89. The Morgan fingerprint density at radius 1 is 1.00 bits per heavy atom. The molecule has 0 aliphatic rings. The predicted molar refractivity (Wildman–Crippen MR) is 81.2 cm³/mol. The van der Waals surface area contributed by atoms with E-state index in [1.54, 1.807) is 14.2 Å². The second kappa shape index (κ2) is 6.96. The maximum atomic E-state index is 5.39. The van der Waals surface area contributed by atoms with Gasteiger partial charge >= 0.3 is 0 Å². The van der Waals surface area contributed by atoms with Crippen LogP contribution in [-0.2, 0) is 6.54 Å². The van der Waals surface area contributed by atoms with E-state index in [0.29, 0.717) is 0 Å². The van der Waals surface area contributed by atoms with E-state index in [9.17, 15) is 0 Å². The molecule has 2 aromatic carbocycles. The van der Waals surface area contributed by atoms with E-state index in [2.05, 4.69) is 36.5 Å². The smallest absolute Gasteiger partial charge is 0.123 e. The Bertz CT molecular complexity index is 540. The zero-order valence-corrected chi connectivity index (χ0v) is 12.2. The molecule has 1 N–H and O–H groups in total. The largest absolute Gasteiger partial charge is 0.497 e. The van der Waals surface area contributed by atoms with Gasteiger partial charge in [-0.2, -0.15) is 0 Å². The molecule has 106 valence electrons. The average molecular weight is 271 g/mol. The zero-order chi connectivity index (χ0) is 14.4. The summed E-state index contributed by atoms with van der Waals surface area (Å²) in [6, 6.07) is 16.5. The highest BCUT2D eigenvalue weighted by Gasteiger charge is 2.08. The lowest BCUT2D eigenvalue weighted by atomic mass is 10.1. The molecule has 0 aliphatic carbocycles. The third-order valence-corrected chi connectivity index (χ3v) is 3.39. The Morgan fingerprint density at radius 3 is 2.40 bits per heavy atom. The molecule has 0 spiro atoms. The molecular weight excluding hydrogens is 250 g/mol. The lowest BCUT2D eigenvalue weighted by molar-refractivity contribution is 0.395. The molecule has 0 radical (unpaired) electrons. The van der Waals surface area contributed by atoms with Gasteiger partial charge in [0.25, 0.3) is 0 Å². The van der Waals surface area contributed by atoms with Gasteiger partial charge in [-0.25, -0.2) is 0 Å². The van der Waals surface area contributed by atoms with Crippen molar-refractivity contribution in [1.82, 2.24) is 5.32 Å². The summed E-state index contributed by atoms with van der Waals surface area (Å²) in [5, 5.41) is 3.51. The molecule has 3 nitrogen and oxygen atoms in total. The monoisotopic (exact) mass is 271 g/mol. The van der Waals surface area contributed by atoms with E-state index in [0.717, 1.165) is 23.6 Å². The van der Waals surface area contributed by atoms with Crippen LogP contribution in [-0.4, -0.2) is 14.2 Å². The Labute approximate surface area is 120 Å². The quantitative estimate of drug-likeness (QED) is 0.871. The zero-order valence-electron chi connectivity index (χ0n) is 12.2. The Morgan fingerprint density at radius 2 is 1.75 bits per heavy atom. The van der Waals surface area contributed by atoms with Crippen molar-refractivity contribution in [3.63, 3.8) is 0 Å². The van der Waals surface area contributed by atoms with E-state index in [-0.39, 0.29) is 6.04 Å². The second-order valence-electron chi connectivity index (χ2n) is 4.69. The number of rotatable bonds is 6. The SMILES string of the molecule is COc1ccc(OC)c(CNC(C)c2ccccc2)c1. The van der Waals surface area contributed by atoms with Crippen LogP contribution in [0.5, 0.6) is 11.5 Å². The number of methoxy groups -OCH3 is 2. The maximum absolute atomic E-state index is 5.39. The molecule has 1 atom stereocenters. The fraction of sp³-hybridized carbons (Fsp3) is 0.294. The van der Waals surface area contributed by atoms with Gasteiger partial charge in [0, 0.05) is 18.2 Å². The van der Waals surface area contributed by atoms with Crippen molar-refractivity contribution < 1.29 is 9.47 Å². The number of ether oxygens (including phenoxy) is 2. The summed E-state index contributed by atoms with van der Waals surface area (Å²) in [4.78, 5) is 0. The van der Waals surface area contributed by atoms with E-state index in [1.165, 1.54) is 5.56 Å². The van der Waals surface area contributed by atoms with Gasteiger partial charge < -0.3 is 14.8 Å². The number of hydrogen-bond donors (Lipinski definition) is 1. The minimum atomic E-state index is 0.284. The van der Waals surface area contributed by atoms with E-state index in [4.69, 9.17) is 9.47 Å². The van der Waals surface area contributed by atoms with Gasteiger partial charge in [0.2, 0.25) is 0 Å². The fourth-order valence-corrected chi connectivity index (χ4v) is 2.14. The molecule has 0 amide bonds. The standard InChI is InChI=1S/C17H21NO2/c1-13(14-7-5-4-6-8-14)18-12-15-11-16(19-2)9-10-17(15)20-3/h4-11,13,18H,12H2,1-3H3. The number of nitrogens with one attached hydrogen (secondary N) is 1. The molecule has 1 unspecified atom stereocenters. The molecule has 3 heteroatoms. The van der Waals surface area contributed by atoms with Crippen molar-refractivity contribution in [3.8, 4) is 11.5 Å².